The lowest BCUT2D eigenvalue weighted by atomic mass is 10.2. The SMILES string of the molecule is COc1ccccc1Oc1ccc(CNC2COC2)cc1. The Bertz CT molecular complexity index is 579. The van der Waals surface area contributed by atoms with Crippen LogP contribution in [0.15, 0.2) is 48.5 Å². The van der Waals surface area contributed by atoms with E-state index in [2.05, 4.69) is 17.4 Å². The Kier molecular flexibility index (Phi) is 4.38. The summed E-state index contributed by atoms with van der Waals surface area (Å²) in [7, 11) is 1.64. The fourth-order valence-electron chi connectivity index (χ4n) is 2.12. The second-order valence-electron chi connectivity index (χ2n) is 5.01. The maximum atomic E-state index is 5.85. The Morgan fingerprint density at radius 1 is 1.05 bits per heavy atom. The first-order valence-corrected chi connectivity index (χ1v) is 7.06. The smallest absolute Gasteiger partial charge is 0.169 e. The molecule has 0 aromatic heterocycles. The van der Waals surface area contributed by atoms with Crippen molar-refractivity contribution in [2.24, 2.45) is 0 Å². The van der Waals surface area contributed by atoms with E-state index in [1.165, 1.54) is 5.56 Å². The van der Waals surface area contributed by atoms with E-state index in [1.54, 1.807) is 7.11 Å². The molecule has 0 aliphatic carbocycles. The van der Waals surface area contributed by atoms with Crippen LogP contribution in [0, 0.1) is 0 Å². The van der Waals surface area contributed by atoms with Gasteiger partial charge in [0.15, 0.2) is 11.5 Å². The monoisotopic (exact) mass is 285 g/mol. The third-order valence-corrected chi connectivity index (χ3v) is 3.45. The van der Waals surface area contributed by atoms with Crippen molar-refractivity contribution in [2.75, 3.05) is 20.3 Å². The summed E-state index contributed by atoms with van der Waals surface area (Å²) in [6.45, 7) is 2.48. The van der Waals surface area contributed by atoms with Crippen LogP contribution in [0.4, 0.5) is 0 Å². The van der Waals surface area contributed by atoms with Gasteiger partial charge in [0, 0.05) is 6.54 Å². The molecular weight excluding hydrogens is 266 g/mol. The van der Waals surface area contributed by atoms with Gasteiger partial charge in [-0.2, -0.15) is 0 Å². The van der Waals surface area contributed by atoms with Crippen LogP contribution in [0.2, 0.25) is 0 Å². The van der Waals surface area contributed by atoms with Crippen LogP contribution in [0.3, 0.4) is 0 Å². The highest BCUT2D eigenvalue weighted by Gasteiger charge is 2.16. The molecule has 21 heavy (non-hydrogen) atoms. The van der Waals surface area contributed by atoms with Gasteiger partial charge in [-0.05, 0) is 29.8 Å². The lowest BCUT2D eigenvalue weighted by Gasteiger charge is -2.27. The highest BCUT2D eigenvalue weighted by atomic mass is 16.5. The maximum absolute atomic E-state index is 5.85. The van der Waals surface area contributed by atoms with Crippen LogP contribution >= 0.6 is 0 Å². The molecule has 0 atom stereocenters. The van der Waals surface area contributed by atoms with E-state index in [9.17, 15) is 0 Å². The van der Waals surface area contributed by atoms with E-state index in [1.807, 2.05) is 36.4 Å². The molecule has 0 radical (unpaired) electrons. The molecule has 1 aliphatic rings. The lowest BCUT2D eigenvalue weighted by molar-refractivity contribution is -0.00578. The average Bonchev–Trinajstić information content (AvgIpc) is 2.48. The van der Waals surface area contributed by atoms with Gasteiger partial charge in [-0.3, -0.25) is 0 Å². The summed E-state index contributed by atoms with van der Waals surface area (Å²) in [6.07, 6.45) is 0. The van der Waals surface area contributed by atoms with Crippen molar-refractivity contribution in [1.82, 2.24) is 5.32 Å². The van der Waals surface area contributed by atoms with Crippen LogP contribution in [-0.2, 0) is 11.3 Å². The highest BCUT2D eigenvalue weighted by molar-refractivity contribution is 5.42. The van der Waals surface area contributed by atoms with Gasteiger partial charge in [0.25, 0.3) is 0 Å². The first kappa shape index (κ1) is 13.9. The van der Waals surface area contributed by atoms with Gasteiger partial charge in [0.05, 0.1) is 26.4 Å². The molecule has 1 aliphatic heterocycles. The third-order valence-electron chi connectivity index (χ3n) is 3.45. The normalized spacial score (nSPS) is 14.5. The van der Waals surface area contributed by atoms with Crippen molar-refractivity contribution in [2.45, 2.75) is 12.6 Å². The Morgan fingerprint density at radius 2 is 1.76 bits per heavy atom. The third kappa shape index (κ3) is 3.54. The molecule has 2 aromatic rings. The maximum Gasteiger partial charge on any atom is 0.169 e. The molecule has 2 aromatic carbocycles. The second kappa shape index (κ2) is 6.61. The molecule has 0 unspecified atom stereocenters. The minimum atomic E-state index is 0.495. The summed E-state index contributed by atoms with van der Waals surface area (Å²) in [5.41, 5.74) is 1.23. The Morgan fingerprint density at radius 3 is 2.38 bits per heavy atom. The molecule has 0 amide bonds. The van der Waals surface area contributed by atoms with Crippen LogP contribution in [0.25, 0.3) is 0 Å². The van der Waals surface area contributed by atoms with Crippen LogP contribution in [0.5, 0.6) is 17.2 Å². The fourth-order valence-corrected chi connectivity index (χ4v) is 2.12. The van der Waals surface area contributed by atoms with Crippen LogP contribution < -0.4 is 14.8 Å². The van der Waals surface area contributed by atoms with Gasteiger partial charge < -0.3 is 19.5 Å². The molecule has 110 valence electrons. The van der Waals surface area contributed by atoms with E-state index in [-0.39, 0.29) is 0 Å². The van der Waals surface area contributed by atoms with Crippen molar-refractivity contribution in [3.05, 3.63) is 54.1 Å². The van der Waals surface area contributed by atoms with Crippen LogP contribution in [-0.4, -0.2) is 26.4 Å². The Hall–Kier alpha value is -2.04. The predicted molar refractivity (Wildman–Crippen MR) is 81.0 cm³/mol. The first-order valence-electron chi connectivity index (χ1n) is 7.06. The van der Waals surface area contributed by atoms with E-state index in [0.29, 0.717) is 6.04 Å². The Balaban J connectivity index is 1.60. The van der Waals surface area contributed by atoms with Crippen molar-refractivity contribution in [3.63, 3.8) is 0 Å². The van der Waals surface area contributed by atoms with E-state index >= 15 is 0 Å². The van der Waals surface area contributed by atoms with Crippen molar-refractivity contribution < 1.29 is 14.2 Å². The zero-order valence-electron chi connectivity index (χ0n) is 12.0. The summed E-state index contributed by atoms with van der Waals surface area (Å²) in [5.74, 6) is 2.25. The molecule has 0 saturated carbocycles. The predicted octanol–water partition coefficient (Wildman–Crippen LogP) is 2.98. The van der Waals surface area contributed by atoms with Gasteiger partial charge in [-0.15, -0.1) is 0 Å². The number of rotatable bonds is 6. The molecular formula is C17H19NO3. The fraction of sp³-hybridized carbons (Fsp3) is 0.294. The molecule has 1 N–H and O–H groups in total. The number of hydrogen-bond donors (Lipinski definition) is 1. The molecule has 1 fully saturated rings. The van der Waals surface area contributed by atoms with Crippen molar-refractivity contribution >= 4 is 0 Å². The molecule has 4 nitrogen and oxygen atoms in total. The zero-order chi connectivity index (χ0) is 14.5. The zero-order valence-corrected chi connectivity index (χ0v) is 12.0. The Labute approximate surface area is 124 Å². The molecule has 1 heterocycles. The minimum Gasteiger partial charge on any atom is -0.493 e. The number of methoxy groups -OCH3 is 1. The summed E-state index contributed by atoms with van der Waals surface area (Å²) >= 11 is 0. The molecule has 0 bridgehead atoms. The summed E-state index contributed by atoms with van der Waals surface area (Å²) in [6, 6.07) is 16.2. The first-order chi connectivity index (χ1) is 10.3. The van der Waals surface area contributed by atoms with Gasteiger partial charge in [0.2, 0.25) is 0 Å². The quantitative estimate of drug-likeness (QED) is 0.885. The van der Waals surface area contributed by atoms with Gasteiger partial charge in [-0.25, -0.2) is 0 Å². The van der Waals surface area contributed by atoms with E-state index < -0.39 is 0 Å². The molecule has 3 rings (SSSR count). The summed E-state index contributed by atoms with van der Waals surface area (Å²) < 4.78 is 16.3. The number of nitrogens with one attached hydrogen (secondary N) is 1. The van der Waals surface area contributed by atoms with Crippen LogP contribution in [0.1, 0.15) is 5.56 Å². The molecule has 1 saturated heterocycles. The van der Waals surface area contributed by atoms with Crippen molar-refractivity contribution in [1.29, 1.82) is 0 Å². The van der Waals surface area contributed by atoms with Gasteiger partial charge in [0.1, 0.15) is 5.75 Å². The van der Waals surface area contributed by atoms with Gasteiger partial charge >= 0.3 is 0 Å². The van der Waals surface area contributed by atoms with E-state index in [4.69, 9.17) is 14.2 Å². The molecule has 0 spiro atoms. The highest BCUT2D eigenvalue weighted by Crippen LogP contribution is 2.30. The number of benzene rings is 2. The van der Waals surface area contributed by atoms with Gasteiger partial charge in [-0.1, -0.05) is 24.3 Å². The topological polar surface area (TPSA) is 39.7 Å². The largest absolute Gasteiger partial charge is 0.493 e. The number of ether oxygens (including phenoxy) is 3. The summed E-state index contributed by atoms with van der Waals surface area (Å²) in [5, 5.41) is 3.44. The van der Waals surface area contributed by atoms with E-state index in [0.717, 1.165) is 37.0 Å². The standard InChI is InChI=1S/C17H19NO3/c1-19-16-4-2-3-5-17(16)21-15-8-6-13(7-9-15)10-18-14-11-20-12-14/h2-9,14,18H,10-12H2,1H3. The summed E-state index contributed by atoms with van der Waals surface area (Å²) in [4.78, 5) is 0. The average molecular weight is 285 g/mol. The second-order valence-corrected chi connectivity index (χ2v) is 5.01. The lowest BCUT2D eigenvalue weighted by Crippen LogP contribution is -2.45. The number of hydrogen-bond acceptors (Lipinski definition) is 4. The minimum absolute atomic E-state index is 0.495. The van der Waals surface area contributed by atoms with Crippen molar-refractivity contribution in [3.8, 4) is 17.2 Å². The molecule has 4 heteroatoms. The number of para-hydroxylation sites is 2.